The molecule has 2 aromatic rings. The maximum absolute atomic E-state index is 12.7. The third kappa shape index (κ3) is 4.76. The van der Waals surface area contributed by atoms with Crippen LogP contribution in [0.15, 0.2) is 59.5 Å². The highest BCUT2D eigenvalue weighted by atomic mass is 32.2. The first kappa shape index (κ1) is 17.4. The highest BCUT2D eigenvalue weighted by molar-refractivity contribution is 7.90. The van der Waals surface area contributed by atoms with Gasteiger partial charge in [0.15, 0.2) is 9.84 Å². The Bertz CT molecular complexity index is 764. The van der Waals surface area contributed by atoms with Crippen LogP contribution < -0.4 is 0 Å². The van der Waals surface area contributed by atoms with Crippen molar-refractivity contribution in [1.29, 1.82) is 0 Å². The fourth-order valence-corrected chi connectivity index (χ4v) is 3.39. The SMILES string of the molecule is CCCC(C(=O)Cc1cccc(S(C)(=O)=O)c1)c1ccccc1. The lowest BCUT2D eigenvalue weighted by Gasteiger charge is -2.15. The second-order valence-electron chi connectivity index (χ2n) is 5.81. The molecule has 2 aromatic carbocycles. The van der Waals surface area contributed by atoms with Crippen LogP contribution in [0.1, 0.15) is 36.8 Å². The predicted molar refractivity (Wildman–Crippen MR) is 92.4 cm³/mol. The van der Waals surface area contributed by atoms with Crippen LogP contribution in [-0.4, -0.2) is 20.5 Å². The van der Waals surface area contributed by atoms with E-state index in [4.69, 9.17) is 0 Å². The summed E-state index contributed by atoms with van der Waals surface area (Å²) in [6.45, 7) is 2.06. The van der Waals surface area contributed by atoms with Crippen molar-refractivity contribution >= 4 is 15.6 Å². The van der Waals surface area contributed by atoms with Gasteiger partial charge in [0.25, 0.3) is 0 Å². The largest absolute Gasteiger partial charge is 0.299 e. The van der Waals surface area contributed by atoms with Crippen LogP contribution >= 0.6 is 0 Å². The maximum atomic E-state index is 12.7. The molecular formula is C19H22O3S. The summed E-state index contributed by atoms with van der Waals surface area (Å²) in [4.78, 5) is 13.0. The first-order valence-corrected chi connectivity index (χ1v) is 9.67. The zero-order valence-corrected chi connectivity index (χ0v) is 14.3. The van der Waals surface area contributed by atoms with Crippen LogP contribution in [0.3, 0.4) is 0 Å². The van der Waals surface area contributed by atoms with Gasteiger partial charge in [0.1, 0.15) is 5.78 Å². The van der Waals surface area contributed by atoms with Crippen LogP contribution in [0.4, 0.5) is 0 Å². The van der Waals surface area contributed by atoms with Crippen LogP contribution in [0.5, 0.6) is 0 Å². The molecule has 0 aliphatic rings. The van der Waals surface area contributed by atoms with Gasteiger partial charge in [-0.3, -0.25) is 4.79 Å². The molecule has 0 saturated carbocycles. The molecule has 1 unspecified atom stereocenters. The lowest BCUT2D eigenvalue weighted by molar-refractivity contribution is -0.120. The molecule has 0 N–H and O–H groups in total. The fraction of sp³-hybridized carbons (Fsp3) is 0.316. The first-order valence-electron chi connectivity index (χ1n) is 7.78. The van der Waals surface area contributed by atoms with Gasteiger partial charge in [-0.25, -0.2) is 8.42 Å². The molecule has 0 aliphatic heterocycles. The lowest BCUT2D eigenvalue weighted by atomic mass is 9.88. The molecule has 1 atom stereocenters. The van der Waals surface area contributed by atoms with E-state index in [9.17, 15) is 13.2 Å². The minimum atomic E-state index is -3.26. The van der Waals surface area contributed by atoms with Gasteiger partial charge >= 0.3 is 0 Å². The van der Waals surface area contributed by atoms with Crippen LogP contribution in [-0.2, 0) is 21.1 Å². The Labute approximate surface area is 138 Å². The van der Waals surface area contributed by atoms with E-state index in [1.54, 1.807) is 24.3 Å². The minimum absolute atomic E-state index is 0.128. The molecule has 0 saturated heterocycles. The summed E-state index contributed by atoms with van der Waals surface area (Å²) in [5.74, 6) is -0.00760. The van der Waals surface area contributed by atoms with Gasteiger partial charge in [0, 0.05) is 18.6 Å². The molecule has 0 radical (unpaired) electrons. The molecule has 0 aromatic heterocycles. The average Bonchev–Trinajstić information content (AvgIpc) is 2.53. The number of benzene rings is 2. The van der Waals surface area contributed by atoms with Crippen molar-refractivity contribution in [2.75, 3.05) is 6.26 Å². The van der Waals surface area contributed by atoms with Crippen LogP contribution in [0, 0.1) is 0 Å². The molecule has 0 amide bonds. The van der Waals surface area contributed by atoms with Crippen molar-refractivity contribution in [2.45, 2.75) is 37.0 Å². The standard InChI is InChI=1S/C19H22O3S/c1-3-8-18(16-10-5-4-6-11-16)19(20)14-15-9-7-12-17(13-15)23(2,21)22/h4-7,9-13,18H,3,8,14H2,1-2H3. The number of rotatable bonds is 7. The van der Waals surface area contributed by atoms with E-state index in [2.05, 4.69) is 6.92 Å². The van der Waals surface area contributed by atoms with Gasteiger partial charge in [0.2, 0.25) is 0 Å². The quantitative estimate of drug-likeness (QED) is 0.776. The van der Waals surface area contributed by atoms with Gasteiger partial charge in [0.05, 0.1) is 4.90 Å². The zero-order valence-electron chi connectivity index (χ0n) is 13.5. The number of sulfone groups is 1. The van der Waals surface area contributed by atoms with Gasteiger partial charge in [-0.2, -0.15) is 0 Å². The van der Waals surface area contributed by atoms with E-state index in [1.807, 2.05) is 30.3 Å². The third-order valence-electron chi connectivity index (χ3n) is 3.87. The average molecular weight is 330 g/mol. The number of ketones is 1. The second kappa shape index (κ2) is 7.55. The smallest absolute Gasteiger partial charge is 0.175 e. The molecule has 0 fully saturated rings. The van der Waals surface area contributed by atoms with Crippen molar-refractivity contribution in [3.8, 4) is 0 Å². The molecule has 2 rings (SSSR count). The molecule has 0 spiro atoms. The number of hydrogen-bond acceptors (Lipinski definition) is 3. The fourth-order valence-electron chi connectivity index (χ4n) is 2.70. The summed E-state index contributed by atoms with van der Waals surface area (Å²) >= 11 is 0. The molecule has 4 heteroatoms. The summed E-state index contributed by atoms with van der Waals surface area (Å²) in [7, 11) is -3.26. The summed E-state index contributed by atoms with van der Waals surface area (Å²) in [6.07, 6.45) is 3.16. The third-order valence-corrected chi connectivity index (χ3v) is 4.98. The first-order chi connectivity index (χ1) is 10.9. The van der Waals surface area contributed by atoms with E-state index in [1.165, 1.54) is 6.26 Å². The summed E-state index contributed by atoms with van der Waals surface area (Å²) < 4.78 is 23.3. The van der Waals surface area contributed by atoms with Crippen LogP contribution in [0.25, 0.3) is 0 Å². The van der Waals surface area contributed by atoms with E-state index in [0.29, 0.717) is 0 Å². The number of carbonyl (C=O) groups is 1. The molecule has 122 valence electrons. The predicted octanol–water partition coefficient (Wildman–Crippen LogP) is 3.79. The van der Waals surface area contributed by atoms with Gasteiger partial charge < -0.3 is 0 Å². The molecule has 23 heavy (non-hydrogen) atoms. The van der Waals surface area contributed by atoms with E-state index in [-0.39, 0.29) is 23.0 Å². The van der Waals surface area contributed by atoms with Crippen molar-refractivity contribution in [1.82, 2.24) is 0 Å². The monoisotopic (exact) mass is 330 g/mol. The van der Waals surface area contributed by atoms with E-state index in [0.717, 1.165) is 24.0 Å². The van der Waals surface area contributed by atoms with Crippen molar-refractivity contribution < 1.29 is 13.2 Å². The number of Topliss-reactive ketones (excluding diaryl/α,β-unsaturated/α-hetero) is 1. The Morgan fingerprint density at radius 2 is 1.74 bits per heavy atom. The summed E-state index contributed by atoms with van der Waals surface area (Å²) in [6, 6.07) is 16.4. The van der Waals surface area contributed by atoms with Crippen molar-refractivity contribution in [2.24, 2.45) is 0 Å². The van der Waals surface area contributed by atoms with Crippen molar-refractivity contribution in [3.63, 3.8) is 0 Å². The zero-order chi connectivity index (χ0) is 16.9. The van der Waals surface area contributed by atoms with Crippen molar-refractivity contribution in [3.05, 3.63) is 65.7 Å². The normalized spacial score (nSPS) is 12.8. The molecule has 0 heterocycles. The molecule has 0 bridgehead atoms. The van der Waals surface area contributed by atoms with E-state index < -0.39 is 9.84 Å². The van der Waals surface area contributed by atoms with Gasteiger partial charge in [-0.05, 0) is 29.7 Å². The summed E-state index contributed by atoms with van der Waals surface area (Å²) in [5, 5.41) is 0. The highest BCUT2D eigenvalue weighted by Crippen LogP contribution is 2.24. The Morgan fingerprint density at radius 3 is 2.35 bits per heavy atom. The molecule has 0 aliphatic carbocycles. The second-order valence-corrected chi connectivity index (χ2v) is 7.83. The van der Waals surface area contributed by atoms with Gasteiger partial charge in [-0.15, -0.1) is 0 Å². The number of carbonyl (C=O) groups excluding carboxylic acids is 1. The minimum Gasteiger partial charge on any atom is -0.299 e. The van der Waals surface area contributed by atoms with Gasteiger partial charge in [-0.1, -0.05) is 55.8 Å². The summed E-state index contributed by atoms with van der Waals surface area (Å²) in [5.41, 5.74) is 1.77. The molecular weight excluding hydrogens is 308 g/mol. The topological polar surface area (TPSA) is 51.2 Å². The molecule has 3 nitrogen and oxygen atoms in total. The lowest BCUT2D eigenvalue weighted by Crippen LogP contribution is -2.15. The Balaban J connectivity index is 2.22. The number of hydrogen-bond donors (Lipinski definition) is 0. The highest BCUT2D eigenvalue weighted by Gasteiger charge is 2.20. The Hall–Kier alpha value is -1.94. The Kier molecular flexibility index (Phi) is 5.72. The van der Waals surface area contributed by atoms with E-state index >= 15 is 0 Å². The Morgan fingerprint density at radius 1 is 1.04 bits per heavy atom. The van der Waals surface area contributed by atoms with Crippen LogP contribution in [0.2, 0.25) is 0 Å². The maximum Gasteiger partial charge on any atom is 0.175 e.